The van der Waals surface area contributed by atoms with Crippen LogP contribution in [0.5, 0.6) is 0 Å². The molecule has 0 N–H and O–H groups in total. The van der Waals surface area contributed by atoms with E-state index in [9.17, 15) is 4.79 Å². The van der Waals surface area contributed by atoms with Crippen LogP contribution in [0.2, 0.25) is 0 Å². The van der Waals surface area contributed by atoms with Gasteiger partial charge in [0.15, 0.2) is 0 Å². The van der Waals surface area contributed by atoms with E-state index in [0.717, 1.165) is 19.3 Å². The Morgan fingerprint density at radius 2 is 0.446 bits per heavy atom. The maximum Gasteiger partial charge on any atom is 0.308 e. The van der Waals surface area contributed by atoms with Crippen molar-refractivity contribution in [3.63, 3.8) is 0 Å². The number of carbonyl (C=O) groups is 1. The summed E-state index contributed by atoms with van der Waals surface area (Å²) >= 11 is 0. The Kier molecular flexibility index (Phi) is 50.1. The topological polar surface area (TPSA) is 26.3 Å². The summed E-state index contributed by atoms with van der Waals surface area (Å²) in [6, 6.07) is 0. The molecule has 0 aromatic rings. The molecule has 0 rings (SSSR count). The van der Waals surface area contributed by atoms with Crippen molar-refractivity contribution in [3.8, 4) is 0 Å². The maximum absolute atomic E-state index is 13.2. The first-order chi connectivity index (χ1) is 27.8. The van der Waals surface area contributed by atoms with E-state index in [1.54, 1.807) is 0 Å². The van der Waals surface area contributed by atoms with Gasteiger partial charge in [0.1, 0.15) is 0 Å². The first-order valence-electron chi connectivity index (χ1n) is 26.9. The van der Waals surface area contributed by atoms with Crippen LogP contribution in [0.4, 0.5) is 0 Å². The molecular weight excluding hydrogens is 681 g/mol. The molecule has 0 amide bonds. The minimum atomic E-state index is 0.126. The first kappa shape index (κ1) is 55.5. The number of hydrogen-bond donors (Lipinski definition) is 0. The van der Waals surface area contributed by atoms with Crippen LogP contribution in [-0.4, -0.2) is 12.6 Å². The van der Waals surface area contributed by atoms with Gasteiger partial charge in [-0.25, -0.2) is 0 Å². The Morgan fingerprint density at radius 1 is 0.268 bits per heavy atom. The van der Waals surface area contributed by atoms with E-state index in [2.05, 4.69) is 20.8 Å². The van der Waals surface area contributed by atoms with Crippen molar-refractivity contribution in [1.82, 2.24) is 0 Å². The molecule has 0 aliphatic rings. The first-order valence-corrected chi connectivity index (χ1v) is 26.9. The molecule has 0 bridgehead atoms. The summed E-state index contributed by atoms with van der Waals surface area (Å²) in [4.78, 5) is 13.2. The summed E-state index contributed by atoms with van der Waals surface area (Å²) in [5.74, 6) is 0.265. The quantitative estimate of drug-likeness (QED) is 0.0453. The number of rotatable bonds is 50. The van der Waals surface area contributed by atoms with Gasteiger partial charge in [0.25, 0.3) is 0 Å². The summed E-state index contributed by atoms with van der Waals surface area (Å²) in [6.07, 6.45) is 66.0. The minimum absolute atomic E-state index is 0.126. The number of carbonyl (C=O) groups excluding carboxylic acids is 1. The molecule has 2 nitrogen and oxygen atoms in total. The van der Waals surface area contributed by atoms with E-state index in [1.165, 1.54) is 289 Å². The van der Waals surface area contributed by atoms with E-state index < -0.39 is 0 Å². The Hall–Kier alpha value is -0.530. The molecular formula is C54H108O2. The van der Waals surface area contributed by atoms with Gasteiger partial charge in [-0.15, -0.1) is 0 Å². The van der Waals surface area contributed by atoms with Crippen molar-refractivity contribution >= 4 is 5.97 Å². The van der Waals surface area contributed by atoms with Crippen LogP contribution in [0.3, 0.4) is 0 Å². The Morgan fingerprint density at radius 3 is 0.661 bits per heavy atom. The molecule has 0 radical (unpaired) electrons. The molecule has 0 aromatic heterocycles. The molecule has 336 valence electrons. The number of unbranched alkanes of at least 4 members (excludes halogenated alkanes) is 43. The third-order valence-corrected chi connectivity index (χ3v) is 12.9. The Bertz CT molecular complexity index is 703. The maximum atomic E-state index is 13.2. The highest BCUT2D eigenvalue weighted by atomic mass is 16.5. The summed E-state index contributed by atoms with van der Waals surface area (Å²) in [7, 11) is 0. The fourth-order valence-corrected chi connectivity index (χ4v) is 8.84. The molecule has 0 fully saturated rings. The van der Waals surface area contributed by atoms with E-state index in [-0.39, 0.29) is 11.9 Å². The second-order valence-electron chi connectivity index (χ2n) is 18.6. The van der Waals surface area contributed by atoms with Crippen LogP contribution in [-0.2, 0) is 9.53 Å². The average Bonchev–Trinajstić information content (AvgIpc) is 3.21. The monoisotopic (exact) mass is 789 g/mol. The standard InChI is InChI=1S/C54H108O2/c1-4-7-10-13-16-19-22-25-28-29-30-31-33-36-39-42-45-48-51-53(50-47-44-41-38-35-32-26-23-20-17-14-11-8-5-2)54(55)56-52-49-46-43-40-37-34-27-24-21-18-15-12-9-6-3/h53H,4-52H2,1-3H3. The molecule has 0 spiro atoms. The smallest absolute Gasteiger partial charge is 0.308 e. The van der Waals surface area contributed by atoms with Gasteiger partial charge < -0.3 is 4.74 Å². The fourth-order valence-electron chi connectivity index (χ4n) is 8.84. The van der Waals surface area contributed by atoms with Gasteiger partial charge >= 0.3 is 5.97 Å². The average molecular weight is 789 g/mol. The summed E-state index contributed by atoms with van der Waals surface area (Å²) in [5.41, 5.74) is 0. The Labute approximate surface area is 355 Å². The van der Waals surface area contributed by atoms with Crippen LogP contribution < -0.4 is 0 Å². The molecule has 2 heteroatoms. The molecule has 56 heavy (non-hydrogen) atoms. The van der Waals surface area contributed by atoms with Crippen LogP contribution >= 0.6 is 0 Å². The van der Waals surface area contributed by atoms with Gasteiger partial charge in [-0.3, -0.25) is 4.79 Å². The van der Waals surface area contributed by atoms with Gasteiger partial charge in [-0.2, -0.15) is 0 Å². The molecule has 0 saturated carbocycles. The van der Waals surface area contributed by atoms with Crippen molar-refractivity contribution < 1.29 is 9.53 Å². The van der Waals surface area contributed by atoms with E-state index in [1.807, 2.05) is 0 Å². The van der Waals surface area contributed by atoms with Gasteiger partial charge in [0.05, 0.1) is 12.5 Å². The third-order valence-electron chi connectivity index (χ3n) is 12.9. The lowest BCUT2D eigenvalue weighted by Crippen LogP contribution is -2.18. The SMILES string of the molecule is CCCCCCCCCCCCCCCCCCCCC(CCCCCCCCCCCCCCCC)C(=O)OCCCCCCCCCCCCCCCC. The number of esters is 1. The number of ether oxygens (including phenoxy) is 1. The lowest BCUT2D eigenvalue weighted by molar-refractivity contribution is -0.149. The zero-order valence-electron chi connectivity index (χ0n) is 39.5. The lowest BCUT2D eigenvalue weighted by Gasteiger charge is -2.16. The van der Waals surface area contributed by atoms with Crippen LogP contribution in [0.1, 0.15) is 329 Å². The highest BCUT2D eigenvalue weighted by molar-refractivity contribution is 5.72. The second-order valence-corrected chi connectivity index (χ2v) is 18.6. The van der Waals surface area contributed by atoms with Crippen molar-refractivity contribution in [2.24, 2.45) is 5.92 Å². The molecule has 0 saturated heterocycles. The predicted molar refractivity (Wildman–Crippen MR) is 253 cm³/mol. The minimum Gasteiger partial charge on any atom is -0.465 e. The van der Waals surface area contributed by atoms with Crippen molar-refractivity contribution in [2.45, 2.75) is 329 Å². The molecule has 0 aromatic carbocycles. The highest BCUT2D eigenvalue weighted by Crippen LogP contribution is 2.22. The zero-order chi connectivity index (χ0) is 40.5. The lowest BCUT2D eigenvalue weighted by atomic mass is 9.94. The van der Waals surface area contributed by atoms with Crippen LogP contribution in [0.15, 0.2) is 0 Å². The van der Waals surface area contributed by atoms with Gasteiger partial charge in [-0.05, 0) is 19.3 Å². The normalized spacial score (nSPS) is 12.1. The van der Waals surface area contributed by atoms with Gasteiger partial charge in [-0.1, -0.05) is 310 Å². The highest BCUT2D eigenvalue weighted by Gasteiger charge is 2.19. The summed E-state index contributed by atoms with van der Waals surface area (Å²) < 4.78 is 5.93. The van der Waals surface area contributed by atoms with Crippen molar-refractivity contribution in [2.75, 3.05) is 6.61 Å². The molecule has 1 atom stereocenters. The van der Waals surface area contributed by atoms with Crippen molar-refractivity contribution in [3.05, 3.63) is 0 Å². The van der Waals surface area contributed by atoms with Gasteiger partial charge in [0, 0.05) is 0 Å². The summed E-state index contributed by atoms with van der Waals surface area (Å²) in [6.45, 7) is 7.55. The predicted octanol–water partition coefficient (Wildman–Crippen LogP) is 19.9. The van der Waals surface area contributed by atoms with Crippen LogP contribution in [0, 0.1) is 5.92 Å². The number of hydrogen-bond acceptors (Lipinski definition) is 2. The van der Waals surface area contributed by atoms with E-state index in [4.69, 9.17) is 4.74 Å². The fraction of sp³-hybridized carbons (Fsp3) is 0.981. The van der Waals surface area contributed by atoms with Gasteiger partial charge in [0.2, 0.25) is 0 Å². The zero-order valence-corrected chi connectivity index (χ0v) is 39.5. The summed E-state index contributed by atoms with van der Waals surface area (Å²) in [5, 5.41) is 0. The van der Waals surface area contributed by atoms with Crippen LogP contribution in [0.25, 0.3) is 0 Å². The second kappa shape index (κ2) is 50.6. The largest absolute Gasteiger partial charge is 0.465 e. The molecule has 0 aliphatic carbocycles. The van der Waals surface area contributed by atoms with E-state index >= 15 is 0 Å². The molecule has 1 unspecified atom stereocenters. The molecule has 0 heterocycles. The molecule has 0 aliphatic heterocycles. The third kappa shape index (κ3) is 46.2. The Balaban J connectivity index is 4.06. The van der Waals surface area contributed by atoms with E-state index in [0.29, 0.717) is 6.61 Å². The van der Waals surface area contributed by atoms with Crippen molar-refractivity contribution in [1.29, 1.82) is 0 Å².